The number of tetrazole rings is 1. The molecule has 0 aliphatic rings. The monoisotopic (exact) mass is 197 g/mol. The highest BCUT2D eigenvalue weighted by atomic mass is 15.6. The van der Waals surface area contributed by atoms with E-state index >= 15 is 0 Å². The Hall–Kier alpha value is -0.970. The summed E-state index contributed by atoms with van der Waals surface area (Å²) in [6.07, 6.45) is 0. The van der Waals surface area contributed by atoms with Crippen LogP contribution in [0.4, 0.5) is 0 Å². The number of nitrogens with zero attached hydrogens (tertiary/aromatic N) is 4. The van der Waals surface area contributed by atoms with Crippen LogP contribution in [0, 0.1) is 5.92 Å². The largest absolute Gasteiger partial charge is 0.311 e. The summed E-state index contributed by atoms with van der Waals surface area (Å²) in [5.41, 5.74) is 0. The summed E-state index contributed by atoms with van der Waals surface area (Å²) in [6, 6.07) is 0.516. The molecule has 0 amide bonds. The van der Waals surface area contributed by atoms with Crippen molar-refractivity contribution in [1.29, 1.82) is 0 Å². The molecule has 1 rings (SSSR count). The van der Waals surface area contributed by atoms with Gasteiger partial charge in [0, 0.05) is 0 Å². The third kappa shape index (κ3) is 2.09. The lowest BCUT2D eigenvalue weighted by atomic mass is 10.1. The highest BCUT2D eigenvalue weighted by molar-refractivity contribution is 4.91. The topological polar surface area (TPSA) is 55.6 Å². The van der Waals surface area contributed by atoms with Crippen LogP contribution in [0.1, 0.15) is 45.6 Å². The molecular weight excluding hydrogens is 178 g/mol. The first kappa shape index (κ1) is 11.1. The molecule has 0 fully saturated rings. The second kappa shape index (κ2) is 4.50. The summed E-state index contributed by atoms with van der Waals surface area (Å²) in [7, 11) is 1.91. The predicted octanol–water partition coefficient (Wildman–Crippen LogP) is 1.17. The zero-order valence-corrected chi connectivity index (χ0v) is 9.52. The Bertz CT molecular complexity index is 280. The second-order valence-corrected chi connectivity index (χ2v) is 3.98. The summed E-state index contributed by atoms with van der Waals surface area (Å²) < 4.78 is 1.89. The number of hydrogen-bond acceptors (Lipinski definition) is 4. The maximum atomic E-state index is 4.03. The van der Waals surface area contributed by atoms with Crippen molar-refractivity contribution in [1.82, 2.24) is 25.5 Å². The van der Waals surface area contributed by atoms with Crippen LogP contribution in [-0.2, 0) is 0 Å². The van der Waals surface area contributed by atoms with Crippen LogP contribution < -0.4 is 5.32 Å². The Morgan fingerprint density at radius 3 is 2.36 bits per heavy atom. The molecule has 0 aromatic carbocycles. The van der Waals surface area contributed by atoms with Gasteiger partial charge in [-0.05, 0) is 37.2 Å². The van der Waals surface area contributed by atoms with E-state index in [0.29, 0.717) is 12.0 Å². The van der Waals surface area contributed by atoms with Gasteiger partial charge >= 0.3 is 0 Å². The van der Waals surface area contributed by atoms with Crippen LogP contribution in [0.2, 0.25) is 0 Å². The van der Waals surface area contributed by atoms with Crippen LogP contribution in [0.5, 0.6) is 0 Å². The van der Waals surface area contributed by atoms with Crippen molar-refractivity contribution in [2.24, 2.45) is 5.92 Å². The van der Waals surface area contributed by atoms with Gasteiger partial charge in [-0.2, -0.15) is 0 Å². The zero-order chi connectivity index (χ0) is 10.7. The fraction of sp³-hybridized carbons (Fsp3) is 0.889. The third-order valence-corrected chi connectivity index (χ3v) is 2.69. The van der Waals surface area contributed by atoms with Gasteiger partial charge in [-0.3, -0.25) is 0 Å². The molecule has 0 aliphatic carbocycles. The van der Waals surface area contributed by atoms with Gasteiger partial charge in [0.15, 0.2) is 5.82 Å². The van der Waals surface area contributed by atoms with Gasteiger partial charge < -0.3 is 5.32 Å². The van der Waals surface area contributed by atoms with Gasteiger partial charge in [-0.1, -0.05) is 13.8 Å². The maximum absolute atomic E-state index is 4.03. The lowest BCUT2D eigenvalue weighted by Gasteiger charge is -2.19. The van der Waals surface area contributed by atoms with Crippen molar-refractivity contribution in [3.05, 3.63) is 5.82 Å². The molecule has 0 saturated carbocycles. The maximum Gasteiger partial charge on any atom is 0.168 e. The number of nitrogens with one attached hydrogen (secondary N) is 1. The van der Waals surface area contributed by atoms with E-state index in [-0.39, 0.29) is 6.04 Å². The van der Waals surface area contributed by atoms with E-state index in [0.717, 1.165) is 5.82 Å². The average Bonchev–Trinajstić information content (AvgIpc) is 2.63. The average molecular weight is 197 g/mol. The first-order valence-electron chi connectivity index (χ1n) is 5.03. The summed E-state index contributed by atoms with van der Waals surface area (Å²) >= 11 is 0. The minimum Gasteiger partial charge on any atom is -0.311 e. The number of hydrogen-bond donors (Lipinski definition) is 1. The minimum atomic E-state index is 0.186. The third-order valence-electron chi connectivity index (χ3n) is 2.69. The lowest BCUT2D eigenvalue weighted by Crippen LogP contribution is -2.22. The van der Waals surface area contributed by atoms with Crippen molar-refractivity contribution >= 4 is 0 Å². The molecule has 2 atom stereocenters. The van der Waals surface area contributed by atoms with E-state index in [1.165, 1.54) is 0 Å². The first-order chi connectivity index (χ1) is 6.57. The van der Waals surface area contributed by atoms with Gasteiger partial charge in [0.05, 0.1) is 12.1 Å². The predicted molar refractivity (Wildman–Crippen MR) is 54.8 cm³/mol. The summed E-state index contributed by atoms with van der Waals surface area (Å²) in [6.45, 7) is 8.52. The molecule has 80 valence electrons. The number of rotatable bonds is 4. The van der Waals surface area contributed by atoms with E-state index in [4.69, 9.17) is 0 Å². The SMILES string of the molecule is CNC(C)c1nnnn1C(C)C(C)C. The summed E-state index contributed by atoms with van der Waals surface area (Å²) in [5, 5.41) is 14.9. The Morgan fingerprint density at radius 2 is 1.86 bits per heavy atom. The fourth-order valence-corrected chi connectivity index (χ4v) is 1.19. The van der Waals surface area contributed by atoms with E-state index in [2.05, 4.69) is 48.5 Å². The summed E-state index contributed by atoms with van der Waals surface area (Å²) in [5.74, 6) is 1.43. The first-order valence-corrected chi connectivity index (χ1v) is 5.03. The molecule has 0 bridgehead atoms. The molecule has 1 heterocycles. The van der Waals surface area contributed by atoms with E-state index in [9.17, 15) is 0 Å². The van der Waals surface area contributed by atoms with Crippen LogP contribution in [0.3, 0.4) is 0 Å². The lowest BCUT2D eigenvalue weighted by molar-refractivity contribution is 0.348. The van der Waals surface area contributed by atoms with Gasteiger partial charge in [0.25, 0.3) is 0 Å². The molecule has 1 aromatic rings. The van der Waals surface area contributed by atoms with Crippen molar-refractivity contribution in [3.8, 4) is 0 Å². The number of aromatic nitrogens is 4. The van der Waals surface area contributed by atoms with Crippen LogP contribution >= 0.6 is 0 Å². The summed E-state index contributed by atoms with van der Waals surface area (Å²) in [4.78, 5) is 0. The second-order valence-electron chi connectivity index (χ2n) is 3.98. The molecular formula is C9H19N5. The van der Waals surface area contributed by atoms with Crippen LogP contribution in [0.15, 0.2) is 0 Å². The van der Waals surface area contributed by atoms with Gasteiger partial charge in [-0.15, -0.1) is 5.10 Å². The molecule has 5 nitrogen and oxygen atoms in total. The fourth-order valence-electron chi connectivity index (χ4n) is 1.19. The molecule has 0 aliphatic heterocycles. The van der Waals surface area contributed by atoms with E-state index < -0.39 is 0 Å². The van der Waals surface area contributed by atoms with Crippen molar-refractivity contribution < 1.29 is 0 Å². The zero-order valence-electron chi connectivity index (χ0n) is 9.52. The molecule has 1 N–H and O–H groups in total. The van der Waals surface area contributed by atoms with Crippen LogP contribution in [0.25, 0.3) is 0 Å². The Labute approximate surface area is 84.9 Å². The van der Waals surface area contributed by atoms with Gasteiger partial charge in [0.2, 0.25) is 0 Å². The Morgan fingerprint density at radius 1 is 1.21 bits per heavy atom. The Kier molecular flexibility index (Phi) is 3.57. The minimum absolute atomic E-state index is 0.186. The molecule has 2 unspecified atom stereocenters. The van der Waals surface area contributed by atoms with Crippen LogP contribution in [-0.4, -0.2) is 27.3 Å². The molecule has 0 radical (unpaired) electrons. The normalized spacial score (nSPS) is 15.9. The molecule has 0 spiro atoms. The highest BCUT2D eigenvalue weighted by Crippen LogP contribution is 2.19. The molecule has 1 aromatic heterocycles. The van der Waals surface area contributed by atoms with Gasteiger partial charge in [0.1, 0.15) is 0 Å². The van der Waals surface area contributed by atoms with Crippen molar-refractivity contribution in [2.45, 2.75) is 39.8 Å². The van der Waals surface area contributed by atoms with E-state index in [1.54, 1.807) is 0 Å². The van der Waals surface area contributed by atoms with Crippen molar-refractivity contribution in [3.63, 3.8) is 0 Å². The Balaban J connectivity index is 2.92. The molecule has 5 heteroatoms. The quantitative estimate of drug-likeness (QED) is 0.787. The smallest absolute Gasteiger partial charge is 0.168 e. The van der Waals surface area contributed by atoms with Crippen molar-refractivity contribution in [2.75, 3.05) is 7.05 Å². The van der Waals surface area contributed by atoms with E-state index in [1.807, 2.05) is 11.7 Å². The molecule has 0 saturated heterocycles. The highest BCUT2D eigenvalue weighted by Gasteiger charge is 2.18. The molecule has 14 heavy (non-hydrogen) atoms. The standard InChI is InChI=1S/C9H19N5/c1-6(2)8(4)14-9(7(3)10-5)11-12-13-14/h6-8,10H,1-5H3. The van der Waals surface area contributed by atoms with Gasteiger partial charge in [-0.25, -0.2) is 4.68 Å².